The molecule has 1 aromatic heterocycles. The zero-order valence-corrected chi connectivity index (χ0v) is 26.8. The van der Waals surface area contributed by atoms with Crippen LogP contribution in [-0.4, -0.2) is 52.2 Å². The van der Waals surface area contributed by atoms with Crippen molar-refractivity contribution in [3.63, 3.8) is 0 Å². The summed E-state index contributed by atoms with van der Waals surface area (Å²) in [5.74, 6) is 0.432. The molecular formula is C37H44N4O6. The molecule has 5 aliphatic carbocycles. The number of aryl methyl sites for hydroxylation is 1. The number of amides is 3. The lowest BCUT2D eigenvalue weighted by atomic mass is 9.55. The zero-order valence-electron chi connectivity index (χ0n) is 26.8. The van der Waals surface area contributed by atoms with Gasteiger partial charge in [0.1, 0.15) is 11.6 Å². The van der Waals surface area contributed by atoms with E-state index < -0.39 is 35.0 Å². The van der Waals surface area contributed by atoms with E-state index >= 15 is 0 Å². The van der Waals surface area contributed by atoms with Gasteiger partial charge >= 0.3 is 12.1 Å². The zero-order chi connectivity index (χ0) is 32.8. The van der Waals surface area contributed by atoms with Crippen molar-refractivity contribution in [3.8, 4) is 0 Å². The fourth-order valence-corrected chi connectivity index (χ4v) is 9.31. The number of ether oxygens (including phenoxy) is 1. The van der Waals surface area contributed by atoms with E-state index in [1.165, 1.54) is 6.42 Å². The lowest BCUT2D eigenvalue weighted by Gasteiger charge is -2.53. The van der Waals surface area contributed by atoms with E-state index in [0.29, 0.717) is 24.7 Å². The molecule has 5 N–H and O–H groups in total. The first kappa shape index (κ1) is 31.3. The van der Waals surface area contributed by atoms with E-state index in [1.807, 2.05) is 54.7 Å². The summed E-state index contributed by atoms with van der Waals surface area (Å²) in [7, 11) is 0. The Balaban J connectivity index is 1.12. The average molecular weight is 641 g/mol. The van der Waals surface area contributed by atoms with Gasteiger partial charge in [0.25, 0.3) is 0 Å². The van der Waals surface area contributed by atoms with Crippen LogP contribution < -0.4 is 16.0 Å². The Morgan fingerprint density at radius 3 is 2.40 bits per heavy atom. The lowest BCUT2D eigenvalue weighted by Crippen LogP contribution is -2.62. The number of aliphatic carboxylic acids is 1. The van der Waals surface area contributed by atoms with Gasteiger partial charge in [-0.3, -0.25) is 14.4 Å². The Morgan fingerprint density at radius 1 is 0.957 bits per heavy atom. The molecule has 2 aromatic carbocycles. The molecule has 2 atom stereocenters. The summed E-state index contributed by atoms with van der Waals surface area (Å²) in [5, 5.41) is 19.3. The van der Waals surface area contributed by atoms with Gasteiger partial charge in [-0.25, -0.2) is 4.79 Å². The number of benzene rings is 2. The minimum absolute atomic E-state index is 0.0808. The van der Waals surface area contributed by atoms with E-state index in [1.54, 1.807) is 6.92 Å². The molecule has 4 bridgehead atoms. The van der Waals surface area contributed by atoms with E-state index in [2.05, 4.69) is 20.9 Å². The van der Waals surface area contributed by atoms with E-state index in [4.69, 9.17) is 9.84 Å². The predicted octanol–water partition coefficient (Wildman–Crippen LogP) is 4.96. The first-order valence-electron chi connectivity index (χ1n) is 17.0. The number of carbonyl (C=O) groups excluding carboxylic acids is 3. The number of para-hydroxylation sites is 1. The molecule has 10 nitrogen and oxygen atoms in total. The maximum absolute atomic E-state index is 14.3. The molecule has 47 heavy (non-hydrogen) atoms. The Hall–Kier alpha value is -4.34. The van der Waals surface area contributed by atoms with Crippen LogP contribution in [0.4, 0.5) is 4.79 Å². The molecule has 0 spiro atoms. The molecular weight excluding hydrogens is 596 g/mol. The monoisotopic (exact) mass is 640 g/mol. The number of fused-ring (bicyclic) bond motifs is 2. The molecule has 248 valence electrons. The van der Waals surface area contributed by atoms with Crippen LogP contribution in [0.2, 0.25) is 0 Å². The summed E-state index contributed by atoms with van der Waals surface area (Å²) in [6.45, 7) is 1.81. The summed E-state index contributed by atoms with van der Waals surface area (Å²) in [4.78, 5) is 55.4. The third-order valence-corrected chi connectivity index (χ3v) is 11.3. The Bertz CT molecular complexity index is 1670. The van der Waals surface area contributed by atoms with E-state index in [0.717, 1.165) is 65.1 Å². The van der Waals surface area contributed by atoms with Crippen molar-refractivity contribution in [1.82, 2.24) is 20.9 Å². The molecule has 3 aromatic rings. The van der Waals surface area contributed by atoms with Crippen molar-refractivity contribution in [2.24, 2.45) is 23.7 Å². The van der Waals surface area contributed by atoms with Crippen LogP contribution in [-0.2, 0) is 37.5 Å². The third-order valence-electron chi connectivity index (χ3n) is 11.3. The van der Waals surface area contributed by atoms with Crippen LogP contribution in [0.3, 0.4) is 0 Å². The van der Waals surface area contributed by atoms with Crippen LogP contribution in [0.15, 0.2) is 54.7 Å². The van der Waals surface area contributed by atoms with Gasteiger partial charge in [0.05, 0.1) is 12.0 Å². The van der Waals surface area contributed by atoms with Crippen LogP contribution in [0.25, 0.3) is 10.9 Å². The molecule has 4 saturated carbocycles. The quantitative estimate of drug-likeness (QED) is 0.200. The van der Waals surface area contributed by atoms with Crippen LogP contribution in [0.5, 0.6) is 0 Å². The molecule has 5 aliphatic rings. The Morgan fingerprint density at radius 2 is 1.66 bits per heavy atom. The number of hydrogen-bond donors (Lipinski definition) is 5. The summed E-state index contributed by atoms with van der Waals surface area (Å²) in [5.41, 5.74) is 1.50. The minimum Gasteiger partial charge on any atom is -0.481 e. The fraction of sp³-hybridized carbons (Fsp3) is 0.514. The highest BCUT2D eigenvalue weighted by molar-refractivity contribution is 5.92. The molecule has 0 aliphatic heterocycles. The molecule has 0 radical (unpaired) electrons. The van der Waals surface area contributed by atoms with Crippen LogP contribution in [0, 0.1) is 23.7 Å². The maximum Gasteiger partial charge on any atom is 0.408 e. The predicted molar refractivity (Wildman–Crippen MR) is 175 cm³/mol. The second-order valence-corrected chi connectivity index (χ2v) is 14.7. The lowest BCUT2D eigenvalue weighted by molar-refractivity contribution is -0.139. The summed E-state index contributed by atoms with van der Waals surface area (Å²) >= 11 is 0. The molecule has 2 unspecified atom stereocenters. The van der Waals surface area contributed by atoms with Crippen LogP contribution >= 0.6 is 0 Å². The number of aromatic amines is 1. The minimum atomic E-state index is -1.37. The molecule has 1 heterocycles. The van der Waals surface area contributed by atoms with Crippen molar-refractivity contribution < 1.29 is 29.0 Å². The van der Waals surface area contributed by atoms with E-state index in [9.17, 15) is 19.2 Å². The number of aromatic nitrogens is 1. The van der Waals surface area contributed by atoms with Gasteiger partial charge in [-0.1, -0.05) is 42.5 Å². The SMILES string of the molecule is CC(Cc1c[nH]c2ccccc12)(NC(=O)OC1C2CC3CC(C2)CC1C3)C(=O)NCC1(NC(=O)CCC(=O)O)CCc2ccccc21. The number of hydrogen-bond acceptors (Lipinski definition) is 5. The van der Waals surface area contributed by atoms with Crippen molar-refractivity contribution in [2.45, 2.75) is 88.3 Å². The molecule has 0 saturated heterocycles. The first-order chi connectivity index (χ1) is 22.6. The normalized spacial score (nSPS) is 28.3. The van der Waals surface area contributed by atoms with Gasteiger partial charge in [-0.15, -0.1) is 0 Å². The number of carbonyl (C=O) groups is 4. The number of nitrogens with one attached hydrogen (secondary N) is 4. The second-order valence-electron chi connectivity index (χ2n) is 14.7. The largest absolute Gasteiger partial charge is 0.481 e. The molecule has 8 rings (SSSR count). The maximum atomic E-state index is 14.3. The number of H-pyrrole nitrogens is 1. The highest BCUT2D eigenvalue weighted by Crippen LogP contribution is 2.54. The highest BCUT2D eigenvalue weighted by atomic mass is 16.6. The molecule has 4 fully saturated rings. The highest BCUT2D eigenvalue weighted by Gasteiger charge is 2.50. The molecule has 10 heteroatoms. The second kappa shape index (κ2) is 12.4. The third kappa shape index (κ3) is 6.22. The topological polar surface area (TPSA) is 150 Å². The van der Waals surface area contributed by atoms with Crippen molar-refractivity contribution in [1.29, 1.82) is 0 Å². The summed E-state index contributed by atoms with van der Waals surface area (Å²) in [6, 6.07) is 15.6. The number of rotatable bonds is 11. The summed E-state index contributed by atoms with van der Waals surface area (Å²) in [6.07, 6.45) is 7.94. The standard InChI is InChI=1S/C37H44N4O6/c1-36(19-27-20-38-30-9-5-3-7-28(27)30,41-35(46)47-33-25-15-22-14-23(17-25)18-26(33)16-22)34(45)39-21-37(40-31(42)10-11-32(43)44)13-12-24-6-2-4-8-29(24)37/h2-9,20,22-23,25-26,33,38H,10-19,21H2,1H3,(H,39,45)(H,40,42)(H,41,46)(H,43,44). The van der Waals surface area contributed by atoms with Gasteiger partial charge in [0.2, 0.25) is 11.8 Å². The molecule has 3 amide bonds. The Labute approximate surface area is 274 Å². The van der Waals surface area contributed by atoms with Gasteiger partial charge < -0.3 is 30.8 Å². The van der Waals surface area contributed by atoms with Gasteiger partial charge in [-0.2, -0.15) is 0 Å². The number of carboxylic acids is 1. The van der Waals surface area contributed by atoms with E-state index in [-0.39, 0.29) is 31.9 Å². The Kier molecular flexibility index (Phi) is 8.22. The first-order valence-corrected chi connectivity index (χ1v) is 17.0. The van der Waals surface area contributed by atoms with Crippen LogP contribution in [0.1, 0.15) is 75.0 Å². The van der Waals surface area contributed by atoms with Gasteiger partial charge in [-0.05, 0) is 98.3 Å². The average Bonchev–Trinajstić information content (AvgIpc) is 3.61. The summed E-state index contributed by atoms with van der Waals surface area (Å²) < 4.78 is 6.18. The smallest absolute Gasteiger partial charge is 0.408 e. The fourth-order valence-electron chi connectivity index (χ4n) is 9.31. The number of carboxylic acid groups (broad SMARTS) is 1. The van der Waals surface area contributed by atoms with Crippen molar-refractivity contribution >= 4 is 34.8 Å². The van der Waals surface area contributed by atoms with Gasteiger partial charge in [0.15, 0.2) is 0 Å². The van der Waals surface area contributed by atoms with Crippen molar-refractivity contribution in [3.05, 3.63) is 71.4 Å². The van der Waals surface area contributed by atoms with Crippen molar-refractivity contribution in [2.75, 3.05) is 6.54 Å². The number of alkyl carbamates (subject to hydrolysis) is 1. The van der Waals surface area contributed by atoms with Gasteiger partial charge in [0, 0.05) is 36.5 Å².